The molecule has 0 fully saturated rings. The van der Waals surface area contributed by atoms with Gasteiger partial charge in [-0.3, -0.25) is 0 Å². The van der Waals surface area contributed by atoms with Gasteiger partial charge in [-0.15, -0.1) is 0 Å². The Morgan fingerprint density at radius 3 is 2.65 bits per heavy atom. The highest BCUT2D eigenvalue weighted by Gasteiger charge is 2.10. The van der Waals surface area contributed by atoms with Crippen LogP contribution in [-0.2, 0) is 11.3 Å². The van der Waals surface area contributed by atoms with E-state index in [0.29, 0.717) is 18.1 Å². The Hall–Kier alpha value is -2.63. The maximum Gasteiger partial charge on any atom is 0.356 e. The molecule has 0 bridgehead atoms. The molecule has 6 heteroatoms. The van der Waals surface area contributed by atoms with E-state index < -0.39 is 5.97 Å². The molecule has 0 atom stereocenters. The summed E-state index contributed by atoms with van der Waals surface area (Å²) in [7, 11) is 1.28. The molecule has 0 unspecified atom stereocenters. The van der Waals surface area contributed by atoms with Gasteiger partial charge in [-0.05, 0) is 29.8 Å². The molecule has 20 heavy (non-hydrogen) atoms. The first kappa shape index (κ1) is 13.8. The van der Waals surface area contributed by atoms with E-state index in [1.54, 1.807) is 18.2 Å². The predicted molar refractivity (Wildman–Crippen MR) is 73.7 cm³/mol. The van der Waals surface area contributed by atoms with Crippen molar-refractivity contribution in [3.63, 3.8) is 0 Å². The number of nitrogens with zero attached hydrogens (tertiary/aromatic N) is 1. The number of nitrogens with one attached hydrogen (secondary N) is 1. The van der Waals surface area contributed by atoms with Gasteiger partial charge in [0.2, 0.25) is 0 Å². The summed E-state index contributed by atoms with van der Waals surface area (Å²) in [6, 6.07) is 9.12. The number of hydrogen-bond acceptors (Lipinski definition) is 5. The summed E-state index contributed by atoms with van der Waals surface area (Å²) in [5.41, 5.74) is 7.24. The predicted octanol–water partition coefficient (Wildman–Crippen LogP) is 2.20. The van der Waals surface area contributed by atoms with E-state index in [2.05, 4.69) is 15.0 Å². The molecule has 0 aliphatic carbocycles. The Kier molecular flexibility index (Phi) is 4.14. The van der Waals surface area contributed by atoms with E-state index >= 15 is 0 Å². The summed E-state index contributed by atoms with van der Waals surface area (Å²) in [6.45, 7) is 0.419. The minimum absolute atomic E-state index is 0.170. The molecular formula is C14H14FN3O2. The molecule has 0 radical (unpaired) electrons. The normalized spacial score (nSPS) is 10.1. The molecule has 1 heterocycles. The summed E-state index contributed by atoms with van der Waals surface area (Å²) in [5.74, 6) is -0.439. The number of ether oxygens (including phenoxy) is 1. The summed E-state index contributed by atoms with van der Waals surface area (Å²) < 4.78 is 17.4. The van der Waals surface area contributed by atoms with Crippen molar-refractivity contribution >= 4 is 17.5 Å². The second-order valence-corrected chi connectivity index (χ2v) is 4.11. The van der Waals surface area contributed by atoms with E-state index in [0.717, 1.165) is 5.56 Å². The van der Waals surface area contributed by atoms with Crippen molar-refractivity contribution in [3.8, 4) is 0 Å². The number of methoxy groups -OCH3 is 1. The van der Waals surface area contributed by atoms with E-state index in [4.69, 9.17) is 5.73 Å². The number of nitrogens with two attached hydrogens (primary N) is 1. The molecule has 0 saturated heterocycles. The zero-order chi connectivity index (χ0) is 14.5. The number of aromatic nitrogens is 1. The lowest BCUT2D eigenvalue weighted by Gasteiger charge is -2.09. The number of rotatable bonds is 4. The van der Waals surface area contributed by atoms with E-state index in [1.807, 2.05) is 0 Å². The van der Waals surface area contributed by atoms with Crippen LogP contribution in [0, 0.1) is 5.82 Å². The Bertz CT molecular complexity index is 614. The molecule has 0 aliphatic heterocycles. The second kappa shape index (κ2) is 6.01. The highest BCUT2D eigenvalue weighted by molar-refractivity contribution is 5.88. The van der Waals surface area contributed by atoms with Crippen LogP contribution in [0.2, 0.25) is 0 Å². The van der Waals surface area contributed by atoms with Crippen LogP contribution >= 0.6 is 0 Å². The lowest BCUT2D eigenvalue weighted by atomic mass is 10.2. The monoisotopic (exact) mass is 275 g/mol. The maximum absolute atomic E-state index is 12.8. The number of halogens is 1. The highest BCUT2D eigenvalue weighted by Crippen LogP contribution is 2.17. The first-order valence-corrected chi connectivity index (χ1v) is 5.93. The number of carbonyl (C=O) groups is 1. The van der Waals surface area contributed by atoms with Crippen LogP contribution in [0.15, 0.2) is 36.4 Å². The third-order valence-electron chi connectivity index (χ3n) is 2.69. The summed E-state index contributed by atoms with van der Waals surface area (Å²) >= 11 is 0. The van der Waals surface area contributed by atoms with Crippen molar-refractivity contribution in [2.24, 2.45) is 0 Å². The first-order chi connectivity index (χ1) is 9.60. The van der Waals surface area contributed by atoms with Gasteiger partial charge < -0.3 is 15.8 Å². The van der Waals surface area contributed by atoms with Gasteiger partial charge >= 0.3 is 5.97 Å². The Balaban J connectivity index is 2.12. The fourth-order valence-electron chi connectivity index (χ4n) is 1.62. The summed E-state index contributed by atoms with van der Waals surface area (Å²) in [6.07, 6.45) is 0. The maximum atomic E-state index is 12.8. The molecule has 0 saturated carbocycles. The van der Waals surface area contributed by atoms with Crippen molar-refractivity contribution in [1.29, 1.82) is 0 Å². The topological polar surface area (TPSA) is 77.2 Å². The Morgan fingerprint density at radius 2 is 2.00 bits per heavy atom. The number of esters is 1. The van der Waals surface area contributed by atoms with Gasteiger partial charge in [0, 0.05) is 6.54 Å². The van der Waals surface area contributed by atoms with Gasteiger partial charge in [0.1, 0.15) is 11.6 Å². The minimum atomic E-state index is -0.533. The molecule has 2 rings (SSSR count). The lowest BCUT2D eigenvalue weighted by Crippen LogP contribution is -2.10. The number of benzene rings is 1. The summed E-state index contributed by atoms with van der Waals surface area (Å²) in [5, 5.41) is 3.00. The number of nitrogen functional groups attached to an aromatic ring is 1. The largest absolute Gasteiger partial charge is 0.464 e. The van der Waals surface area contributed by atoms with Crippen molar-refractivity contribution in [1.82, 2.24) is 4.98 Å². The van der Waals surface area contributed by atoms with Crippen molar-refractivity contribution in [2.75, 3.05) is 18.2 Å². The van der Waals surface area contributed by atoms with Gasteiger partial charge in [-0.1, -0.05) is 12.1 Å². The van der Waals surface area contributed by atoms with Crippen molar-refractivity contribution in [3.05, 3.63) is 53.5 Å². The standard InChI is InChI=1S/C14H14FN3O2/c1-20-14(19)12-7-6-11(16)13(18-12)17-8-9-2-4-10(15)5-3-9/h2-7H,8,16H2,1H3,(H,17,18). The third kappa shape index (κ3) is 3.23. The smallest absolute Gasteiger partial charge is 0.356 e. The number of carbonyl (C=O) groups excluding carboxylic acids is 1. The zero-order valence-electron chi connectivity index (χ0n) is 10.9. The SMILES string of the molecule is COC(=O)c1ccc(N)c(NCc2ccc(F)cc2)n1. The summed E-state index contributed by atoms with van der Waals surface area (Å²) in [4.78, 5) is 15.5. The van der Waals surface area contributed by atoms with Crippen molar-refractivity contribution in [2.45, 2.75) is 6.54 Å². The highest BCUT2D eigenvalue weighted by atomic mass is 19.1. The van der Waals surface area contributed by atoms with Crippen molar-refractivity contribution < 1.29 is 13.9 Å². The van der Waals surface area contributed by atoms with E-state index in [-0.39, 0.29) is 11.5 Å². The van der Waals surface area contributed by atoms with Crippen LogP contribution in [0.3, 0.4) is 0 Å². The van der Waals surface area contributed by atoms with Crippen LogP contribution in [0.4, 0.5) is 15.9 Å². The fraction of sp³-hybridized carbons (Fsp3) is 0.143. The van der Waals surface area contributed by atoms with Gasteiger partial charge in [-0.2, -0.15) is 0 Å². The quantitative estimate of drug-likeness (QED) is 0.836. The van der Waals surface area contributed by atoms with Crippen LogP contribution in [0.25, 0.3) is 0 Å². The molecule has 104 valence electrons. The molecule has 0 spiro atoms. The van der Waals surface area contributed by atoms with Gasteiger partial charge in [0.05, 0.1) is 12.8 Å². The average Bonchev–Trinajstić information content (AvgIpc) is 2.47. The van der Waals surface area contributed by atoms with Gasteiger partial charge in [0.25, 0.3) is 0 Å². The molecule has 0 aliphatic rings. The Morgan fingerprint density at radius 1 is 1.30 bits per heavy atom. The molecule has 2 aromatic rings. The van der Waals surface area contributed by atoms with Gasteiger partial charge in [0.15, 0.2) is 5.69 Å². The average molecular weight is 275 g/mol. The van der Waals surface area contributed by atoms with Crippen LogP contribution < -0.4 is 11.1 Å². The molecule has 3 N–H and O–H groups in total. The third-order valence-corrected chi connectivity index (χ3v) is 2.69. The Labute approximate surface area is 115 Å². The zero-order valence-corrected chi connectivity index (χ0v) is 10.9. The molecule has 1 aromatic carbocycles. The van der Waals surface area contributed by atoms with E-state index in [9.17, 15) is 9.18 Å². The molecular weight excluding hydrogens is 261 g/mol. The van der Waals surface area contributed by atoms with Crippen LogP contribution in [0.1, 0.15) is 16.1 Å². The second-order valence-electron chi connectivity index (χ2n) is 4.11. The molecule has 0 amide bonds. The molecule has 5 nitrogen and oxygen atoms in total. The van der Waals surface area contributed by atoms with E-state index in [1.165, 1.54) is 25.3 Å². The first-order valence-electron chi connectivity index (χ1n) is 5.93. The van der Waals surface area contributed by atoms with Gasteiger partial charge in [-0.25, -0.2) is 14.2 Å². The lowest BCUT2D eigenvalue weighted by molar-refractivity contribution is 0.0594. The number of pyridine rings is 1. The van der Waals surface area contributed by atoms with Crippen LogP contribution in [-0.4, -0.2) is 18.1 Å². The fourth-order valence-corrected chi connectivity index (χ4v) is 1.62. The molecule has 1 aromatic heterocycles. The number of anilines is 2. The minimum Gasteiger partial charge on any atom is -0.464 e. The number of hydrogen-bond donors (Lipinski definition) is 2. The van der Waals surface area contributed by atoms with Crippen LogP contribution in [0.5, 0.6) is 0 Å².